The number of aliphatic carboxylic acids is 2. The number of allylic oxidation sites excluding steroid dienone is 1. The van der Waals surface area contributed by atoms with Crippen LogP contribution in [-0.2, 0) is 19.0 Å². The number of nitrogens with zero attached hydrogens (tertiary/aromatic N) is 3. The molecule has 3 unspecified atom stereocenters. The van der Waals surface area contributed by atoms with Crippen LogP contribution < -0.4 is 0 Å². The van der Waals surface area contributed by atoms with E-state index >= 15 is 0 Å². The summed E-state index contributed by atoms with van der Waals surface area (Å²) in [5.74, 6) is -4.93. The molecule has 3 atom stereocenters. The van der Waals surface area contributed by atoms with E-state index in [1.165, 1.54) is 25.1 Å². The fraction of sp³-hybridized carbons (Fsp3) is 0.261. The predicted octanol–water partition coefficient (Wildman–Crippen LogP) is 5.87. The van der Waals surface area contributed by atoms with Crippen LogP contribution in [0.2, 0.25) is 0 Å². The first-order valence-corrected chi connectivity index (χ1v) is 11.0. The Hall–Kier alpha value is -3.67. The third-order valence-corrected chi connectivity index (χ3v) is 6.07. The van der Waals surface area contributed by atoms with Crippen molar-refractivity contribution in [3.05, 3.63) is 75.7 Å². The molecule has 0 saturated heterocycles. The monoisotopic (exact) mass is 501 g/mol. The molecular formula is C23H23N3O8S. The molecule has 0 amide bonds. The lowest BCUT2D eigenvalue weighted by Crippen LogP contribution is -2.28. The molecular weight excluding hydrogens is 478 g/mol. The second-order valence-electron chi connectivity index (χ2n) is 7.67. The summed E-state index contributed by atoms with van der Waals surface area (Å²) in [6, 6.07) is 11.3. The molecule has 12 heteroatoms. The minimum absolute atomic E-state index is 0.141. The Morgan fingerprint density at radius 3 is 2.37 bits per heavy atom. The van der Waals surface area contributed by atoms with Gasteiger partial charge in [0.1, 0.15) is 0 Å². The van der Waals surface area contributed by atoms with E-state index in [1.54, 1.807) is 43.3 Å². The second-order valence-corrected chi connectivity index (χ2v) is 8.41. The topological polar surface area (TPSA) is 179 Å². The maximum atomic E-state index is 12.6. The molecule has 2 aromatic carbocycles. The summed E-state index contributed by atoms with van der Waals surface area (Å²) in [6.45, 7) is 3.18. The van der Waals surface area contributed by atoms with Gasteiger partial charge < -0.3 is 10.2 Å². The summed E-state index contributed by atoms with van der Waals surface area (Å²) >= 11 is 0.654. The smallest absolute Gasteiger partial charge is 0.307 e. The first-order chi connectivity index (χ1) is 16.7. The zero-order valence-corrected chi connectivity index (χ0v) is 19.6. The van der Waals surface area contributed by atoms with Crippen molar-refractivity contribution in [1.29, 1.82) is 0 Å². The van der Waals surface area contributed by atoms with Gasteiger partial charge in [-0.1, -0.05) is 60.4 Å². The molecule has 0 aromatic heterocycles. The third kappa shape index (κ3) is 7.95. The van der Waals surface area contributed by atoms with Crippen LogP contribution >= 0.6 is 12.0 Å². The quantitative estimate of drug-likeness (QED) is 0.0442. The molecule has 2 aromatic rings. The van der Waals surface area contributed by atoms with Crippen LogP contribution in [0.4, 0.5) is 5.69 Å². The molecule has 184 valence electrons. The van der Waals surface area contributed by atoms with E-state index in [2.05, 4.69) is 19.4 Å². The summed E-state index contributed by atoms with van der Waals surface area (Å²) in [5.41, 5.74) is 10.6. The van der Waals surface area contributed by atoms with Crippen LogP contribution in [0.5, 0.6) is 0 Å². The van der Waals surface area contributed by atoms with E-state index < -0.39 is 23.8 Å². The van der Waals surface area contributed by atoms with Crippen molar-refractivity contribution in [2.24, 2.45) is 17.0 Å². The van der Waals surface area contributed by atoms with Gasteiger partial charge in [0.2, 0.25) is 0 Å². The predicted molar refractivity (Wildman–Crippen MR) is 127 cm³/mol. The summed E-state index contributed by atoms with van der Waals surface area (Å²) in [6.07, 6.45) is 2.99. The van der Waals surface area contributed by atoms with Crippen LogP contribution in [0.25, 0.3) is 16.5 Å². The number of rotatable bonds is 13. The Kier molecular flexibility index (Phi) is 10.5. The number of benzene rings is 2. The molecule has 0 bridgehead atoms. The van der Waals surface area contributed by atoms with E-state index in [0.29, 0.717) is 33.8 Å². The number of carbonyl (C=O) groups is 3. The van der Waals surface area contributed by atoms with E-state index in [0.717, 1.165) is 5.56 Å². The number of carbonyl (C=O) groups excluding carboxylic acids is 1. The van der Waals surface area contributed by atoms with Crippen molar-refractivity contribution >= 4 is 41.5 Å². The highest BCUT2D eigenvalue weighted by Crippen LogP contribution is 2.30. The van der Waals surface area contributed by atoms with Crippen LogP contribution in [0.1, 0.15) is 47.7 Å². The van der Waals surface area contributed by atoms with Gasteiger partial charge in [-0.3, -0.25) is 14.4 Å². The number of azide groups is 1. The number of hydrogen-bond donors (Lipinski definition) is 3. The molecule has 11 nitrogen and oxygen atoms in total. The molecule has 0 radical (unpaired) electrons. The fourth-order valence-corrected chi connectivity index (χ4v) is 3.85. The summed E-state index contributed by atoms with van der Waals surface area (Å²) < 4.78 is 4.44. The Bertz CT molecular complexity index is 1150. The van der Waals surface area contributed by atoms with Crippen molar-refractivity contribution < 1.29 is 39.2 Å². The SMILES string of the molecule is CC(CC(C(=O)O)C(C)C(=O)O)c1ccc(C(=O)C=Cc2ccc(N=[N+]=[N-])cc2SOOO)cc1. The number of ketones is 1. The molecule has 0 spiro atoms. The molecule has 2 rings (SSSR count). The second kappa shape index (κ2) is 13.3. The molecule has 0 heterocycles. The number of hydrogen-bond acceptors (Lipinski definition) is 8. The van der Waals surface area contributed by atoms with Crippen molar-refractivity contribution in [3.63, 3.8) is 0 Å². The van der Waals surface area contributed by atoms with Gasteiger partial charge in [-0.15, -0.1) is 4.33 Å². The van der Waals surface area contributed by atoms with Crippen LogP contribution in [-0.4, -0.2) is 33.2 Å². The Balaban J connectivity index is 2.15. The largest absolute Gasteiger partial charge is 0.481 e. The van der Waals surface area contributed by atoms with Gasteiger partial charge in [-0.05, 0) is 47.2 Å². The molecule has 35 heavy (non-hydrogen) atoms. The molecule has 0 saturated carbocycles. The molecule has 3 N–H and O–H groups in total. The lowest BCUT2D eigenvalue weighted by molar-refractivity contribution is -0.432. The molecule has 0 aliphatic carbocycles. The Morgan fingerprint density at radius 2 is 1.80 bits per heavy atom. The molecule has 0 aliphatic rings. The highest BCUT2D eigenvalue weighted by molar-refractivity contribution is 7.94. The van der Waals surface area contributed by atoms with Crippen molar-refractivity contribution in [2.45, 2.75) is 31.1 Å². The summed E-state index contributed by atoms with van der Waals surface area (Å²) in [4.78, 5) is 38.5. The van der Waals surface area contributed by atoms with Gasteiger partial charge in [-0.2, -0.15) is 0 Å². The van der Waals surface area contributed by atoms with Crippen LogP contribution in [0.15, 0.2) is 58.6 Å². The van der Waals surface area contributed by atoms with Gasteiger partial charge in [0, 0.05) is 21.1 Å². The van der Waals surface area contributed by atoms with Gasteiger partial charge in [0.25, 0.3) is 0 Å². The van der Waals surface area contributed by atoms with Gasteiger partial charge >= 0.3 is 11.9 Å². The maximum absolute atomic E-state index is 12.6. The Labute approximate surface area is 204 Å². The van der Waals surface area contributed by atoms with Crippen molar-refractivity contribution in [1.82, 2.24) is 0 Å². The first-order valence-electron chi connectivity index (χ1n) is 10.3. The number of carboxylic acid groups (broad SMARTS) is 2. The lowest BCUT2D eigenvalue weighted by atomic mass is 9.83. The third-order valence-electron chi connectivity index (χ3n) is 5.41. The zero-order chi connectivity index (χ0) is 26.0. The molecule has 0 aliphatic heterocycles. The van der Waals surface area contributed by atoms with Crippen LogP contribution in [0, 0.1) is 11.8 Å². The highest BCUT2D eigenvalue weighted by atomic mass is 32.2. The minimum Gasteiger partial charge on any atom is -0.481 e. The standard InChI is InChI=1S/C23H23N3O8S/c1-13(11-19(23(30)31)14(2)22(28)29)15-3-5-16(6-4-15)20(27)10-8-17-7-9-18(25-26-24)12-21(17)35-34-33-32/h3-10,12-14,19,32H,11H2,1-2H3,(H,28,29)(H,30,31). The van der Waals surface area contributed by atoms with E-state index in [4.69, 9.17) is 15.9 Å². The van der Waals surface area contributed by atoms with E-state index in [9.17, 15) is 19.5 Å². The fourth-order valence-electron chi connectivity index (χ4n) is 3.34. The van der Waals surface area contributed by atoms with E-state index in [-0.39, 0.29) is 18.1 Å². The summed E-state index contributed by atoms with van der Waals surface area (Å²) in [7, 11) is 0. The van der Waals surface area contributed by atoms with Gasteiger partial charge in [0.15, 0.2) is 5.78 Å². The summed E-state index contributed by atoms with van der Waals surface area (Å²) in [5, 5.41) is 34.0. The molecule has 0 fully saturated rings. The van der Waals surface area contributed by atoms with Gasteiger partial charge in [0.05, 0.1) is 23.9 Å². The number of carboxylic acids is 2. The normalized spacial score (nSPS) is 13.6. The lowest BCUT2D eigenvalue weighted by Gasteiger charge is -2.21. The van der Waals surface area contributed by atoms with Crippen LogP contribution in [0.3, 0.4) is 0 Å². The Morgan fingerprint density at radius 1 is 1.11 bits per heavy atom. The van der Waals surface area contributed by atoms with Crippen molar-refractivity contribution in [3.8, 4) is 0 Å². The van der Waals surface area contributed by atoms with Crippen molar-refractivity contribution in [2.75, 3.05) is 0 Å². The highest BCUT2D eigenvalue weighted by Gasteiger charge is 2.31. The maximum Gasteiger partial charge on any atom is 0.307 e. The van der Waals surface area contributed by atoms with E-state index in [1.807, 2.05) is 0 Å². The van der Waals surface area contributed by atoms with Gasteiger partial charge in [-0.25, -0.2) is 5.26 Å². The first kappa shape index (κ1) is 27.6. The average Bonchev–Trinajstić information content (AvgIpc) is 2.84. The minimum atomic E-state index is -1.17. The zero-order valence-electron chi connectivity index (χ0n) is 18.8. The average molecular weight is 502 g/mol.